The maximum Gasteiger partial charge on any atom is 0.258 e. The zero-order valence-corrected chi connectivity index (χ0v) is 28.0. The van der Waals surface area contributed by atoms with E-state index in [1.165, 1.54) is 28.4 Å². The van der Waals surface area contributed by atoms with Crippen LogP contribution in [0.15, 0.2) is 67.0 Å². The van der Waals surface area contributed by atoms with Crippen LogP contribution in [0.3, 0.4) is 0 Å². The Morgan fingerprint density at radius 2 is 1.85 bits per heavy atom. The molecule has 0 spiro atoms. The minimum atomic E-state index is -1.64. The van der Waals surface area contributed by atoms with Crippen LogP contribution in [0.25, 0.3) is 10.8 Å². The first-order chi connectivity index (χ1) is 22.0. The van der Waals surface area contributed by atoms with Gasteiger partial charge in [0, 0.05) is 40.2 Å². The standard InChI is InChI=1S/C33H41N5O6S2/c1-33(2,3)37-31(42)26-19-46-20-38(26)32(43)29(40)24(15-21-9-6-5-7-10-21)36-30(41)25(18-45-4)35-28(39)17-44-27-12-8-11-22-16-34-14-13-23(22)27/h5-14,16,24-26,29,40H,15,17-20H2,1-4H3,(H,35,39)(H,36,41)(H,37,42)/t24?,25?,26?,29-/m0/s1. The summed E-state index contributed by atoms with van der Waals surface area (Å²) in [7, 11) is 0. The van der Waals surface area contributed by atoms with Crippen LogP contribution in [-0.4, -0.2) is 98.6 Å². The number of aromatic nitrogens is 1. The maximum atomic E-state index is 13.7. The maximum absolute atomic E-state index is 13.7. The Morgan fingerprint density at radius 1 is 1.09 bits per heavy atom. The first-order valence-electron chi connectivity index (χ1n) is 14.9. The molecule has 46 heavy (non-hydrogen) atoms. The van der Waals surface area contributed by atoms with E-state index in [1.54, 1.807) is 36.8 Å². The number of thioether (sulfide) groups is 2. The van der Waals surface area contributed by atoms with Crippen LogP contribution >= 0.6 is 23.5 Å². The molecule has 4 atom stereocenters. The van der Waals surface area contributed by atoms with Gasteiger partial charge in [-0.3, -0.25) is 24.2 Å². The van der Waals surface area contributed by atoms with Crippen LogP contribution in [0, 0.1) is 0 Å². The van der Waals surface area contributed by atoms with Gasteiger partial charge in [-0.1, -0.05) is 42.5 Å². The van der Waals surface area contributed by atoms with Crippen LogP contribution in [0.1, 0.15) is 26.3 Å². The summed E-state index contributed by atoms with van der Waals surface area (Å²) in [5.74, 6) is -0.602. The second kappa shape index (κ2) is 16.1. The second-order valence-electron chi connectivity index (χ2n) is 12.0. The Kier molecular flexibility index (Phi) is 12.3. The number of carbonyl (C=O) groups is 4. The number of ether oxygens (including phenoxy) is 1. The molecule has 3 aromatic rings. The third-order valence-corrected chi connectivity index (χ3v) is 8.89. The normalized spacial score (nSPS) is 16.7. The lowest BCUT2D eigenvalue weighted by molar-refractivity contribution is -0.147. The molecule has 1 fully saturated rings. The van der Waals surface area contributed by atoms with Crippen molar-refractivity contribution in [3.8, 4) is 5.75 Å². The van der Waals surface area contributed by atoms with Crippen molar-refractivity contribution in [3.63, 3.8) is 0 Å². The van der Waals surface area contributed by atoms with Gasteiger partial charge in [-0.2, -0.15) is 11.8 Å². The molecule has 2 heterocycles. The molecule has 246 valence electrons. The third kappa shape index (κ3) is 9.60. The number of pyridine rings is 1. The number of hydrogen-bond acceptors (Lipinski definition) is 9. The topological polar surface area (TPSA) is 150 Å². The fourth-order valence-electron chi connectivity index (χ4n) is 5.01. The van der Waals surface area contributed by atoms with Crippen molar-refractivity contribution in [1.82, 2.24) is 25.8 Å². The minimum absolute atomic E-state index is 0.151. The molecule has 4 rings (SSSR count). The average molecular weight is 668 g/mol. The van der Waals surface area contributed by atoms with Gasteiger partial charge in [0.15, 0.2) is 12.7 Å². The van der Waals surface area contributed by atoms with Gasteiger partial charge in [-0.05, 0) is 51.1 Å². The van der Waals surface area contributed by atoms with Crippen molar-refractivity contribution in [2.45, 2.75) is 57.0 Å². The number of carbonyl (C=O) groups excluding carboxylic acids is 4. The zero-order chi connectivity index (χ0) is 33.3. The highest BCUT2D eigenvalue weighted by Crippen LogP contribution is 2.25. The van der Waals surface area contributed by atoms with Crippen molar-refractivity contribution >= 4 is 57.9 Å². The van der Waals surface area contributed by atoms with Crippen molar-refractivity contribution < 1.29 is 29.0 Å². The van der Waals surface area contributed by atoms with Crippen molar-refractivity contribution in [2.24, 2.45) is 0 Å². The Balaban J connectivity index is 1.46. The van der Waals surface area contributed by atoms with E-state index in [0.29, 0.717) is 11.5 Å². The van der Waals surface area contributed by atoms with Crippen LogP contribution < -0.4 is 20.7 Å². The summed E-state index contributed by atoms with van der Waals surface area (Å²) < 4.78 is 5.78. The summed E-state index contributed by atoms with van der Waals surface area (Å²) in [6.45, 7) is 5.25. The molecule has 0 aliphatic carbocycles. The Hall–Kier alpha value is -3.81. The van der Waals surface area contributed by atoms with Crippen LogP contribution in [-0.2, 0) is 25.6 Å². The quantitative estimate of drug-likeness (QED) is 0.216. The van der Waals surface area contributed by atoms with Crippen molar-refractivity contribution in [3.05, 3.63) is 72.6 Å². The van der Waals surface area contributed by atoms with E-state index in [4.69, 9.17) is 4.74 Å². The van der Waals surface area contributed by atoms with Gasteiger partial charge in [0.25, 0.3) is 11.8 Å². The molecule has 1 aliphatic rings. The third-order valence-electron chi connectivity index (χ3n) is 7.21. The lowest BCUT2D eigenvalue weighted by Gasteiger charge is -2.32. The average Bonchev–Trinajstić information content (AvgIpc) is 3.53. The van der Waals surface area contributed by atoms with Gasteiger partial charge in [0.1, 0.15) is 17.8 Å². The summed E-state index contributed by atoms with van der Waals surface area (Å²) in [6.07, 6.45) is 3.67. The molecule has 1 aliphatic heterocycles. The molecule has 3 unspecified atom stereocenters. The fourth-order valence-corrected chi connectivity index (χ4v) is 6.74. The number of aliphatic hydroxyl groups is 1. The number of benzene rings is 2. The monoisotopic (exact) mass is 667 g/mol. The molecule has 4 amide bonds. The van der Waals surface area contributed by atoms with E-state index in [9.17, 15) is 24.3 Å². The molecule has 0 saturated carbocycles. The van der Waals surface area contributed by atoms with E-state index in [-0.39, 0.29) is 30.6 Å². The number of hydrogen-bond donors (Lipinski definition) is 4. The number of nitrogens with one attached hydrogen (secondary N) is 3. The van der Waals surface area contributed by atoms with Gasteiger partial charge in [0.2, 0.25) is 11.8 Å². The van der Waals surface area contributed by atoms with E-state index in [1.807, 2.05) is 57.2 Å². The van der Waals surface area contributed by atoms with Gasteiger partial charge >= 0.3 is 0 Å². The molecule has 13 heteroatoms. The molecule has 1 aromatic heterocycles. The zero-order valence-electron chi connectivity index (χ0n) is 26.4. The highest BCUT2D eigenvalue weighted by atomic mass is 32.2. The molecule has 1 saturated heterocycles. The first kappa shape index (κ1) is 35.1. The van der Waals surface area contributed by atoms with E-state index in [0.717, 1.165) is 16.3 Å². The lowest BCUT2D eigenvalue weighted by Crippen LogP contribution is -2.59. The van der Waals surface area contributed by atoms with Gasteiger partial charge in [-0.25, -0.2) is 0 Å². The summed E-state index contributed by atoms with van der Waals surface area (Å²) in [6, 6.07) is 13.7. The molecule has 0 bridgehead atoms. The molecular weight excluding hydrogens is 627 g/mol. The summed E-state index contributed by atoms with van der Waals surface area (Å²) in [4.78, 5) is 58.7. The van der Waals surface area contributed by atoms with Crippen LogP contribution in [0.5, 0.6) is 5.75 Å². The van der Waals surface area contributed by atoms with E-state index in [2.05, 4.69) is 20.9 Å². The first-order valence-corrected chi connectivity index (χ1v) is 17.5. The summed E-state index contributed by atoms with van der Waals surface area (Å²) >= 11 is 2.78. The molecule has 2 aromatic carbocycles. The predicted octanol–water partition coefficient (Wildman–Crippen LogP) is 2.37. The van der Waals surface area contributed by atoms with Crippen LogP contribution in [0.2, 0.25) is 0 Å². The fraction of sp³-hybridized carbons (Fsp3) is 0.424. The number of fused-ring (bicyclic) bond motifs is 1. The molecule has 0 radical (unpaired) electrons. The SMILES string of the molecule is CSCC(NC(=O)COc1cccc2cnccc12)C(=O)NC(Cc1ccccc1)[C@H](O)C(=O)N1CSCC1C(=O)NC(C)(C)C. The van der Waals surface area contributed by atoms with Gasteiger partial charge in [-0.15, -0.1) is 11.8 Å². The number of aliphatic hydroxyl groups excluding tert-OH is 1. The van der Waals surface area contributed by atoms with Crippen molar-refractivity contribution in [2.75, 3.05) is 30.2 Å². The van der Waals surface area contributed by atoms with Crippen LogP contribution in [0.4, 0.5) is 0 Å². The Labute approximate surface area is 277 Å². The smallest absolute Gasteiger partial charge is 0.258 e. The van der Waals surface area contributed by atoms with E-state index < -0.39 is 47.5 Å². The summed E-state index contributed by atoms with van der Waals surface area (Å²) in [5.41, 5.74) is 0.303. The number of rotatable bonds is 13. The summed E-state index contributed by atoms with van der Waals surface area (Å²) in [5, 5.41) is 21.5. The van der Waals surface area contributed by atoms with Crippen molar-refractivity contribution in [1.29, 1.82) is 0 Å². The molecule has 4 N–H and O–H groups in total. The van der Waals surface area contributed by atoms with Gasteiger partial charge in [0.05, 0.1) is 11.9 Å². The second-order valence-corrected chi connectivity index (χ2v) is 13.9. The highest BCUT2D eigenvalue weighted by molar-refractivity contribution is 7.99. The minimum Gasteiger partial charge on any atom is -0.483 e. The molecular formula is C33H41N5O6S2. The Bertz CT molecular complexity index is 1510. The lowest BCUT2D eigenvalue weighted by atomic mass is 9.99. The molecule has 11 nitrogen and oxygen atoms in total. The predicted molar refractivity (Wildman–Crippen MR) is 181 cm³/mol. The number of nitrogens with zero attached hydrogens (tertiary/aromatic N) is 2. The van der Waals surface area contributed by atoms with E-state index >= 15 is 0 Å². The number of amides is 4. The Morgan fingerprint density at radius 3 is 2.57 bits per heavy atom. The largest absolute Gasteiger partial charge is 0.483 e. The highest BCUT2D eigenvalue weighted by Gasteiger charge is 2.41. The van der Waals surface area contributed by atoms with Gasteiger partial charge < -0.3 is 30.7 Å².